The molecule has 1 saturated heterocycles. The SMILES string of the molecule is CCNC(=NCC1(CCOC)CCC1)NCCC(=O)N1CCN(c2ccccc2)CC1.I. The summed E-state index contributed by atoms with van der Waals surface area (Å²) in [6, 6.07) is 10.4. The Balaban J connectivity index is 0.00000363. The molecule has 2 aliphatic rings. The van der Waals surface area contributed by atoms with Gasteiger partial charge in [0.15, 0.2) is 5.96 Å². The summed E-state index contributed by atoms with van der Waals surface area (Å²) in [7, 11) is 1.76. The number of carbonyl (C=O) groups excluding carboxylic acids is 1. The Bertz CT molecular complexity index is 704. The molecule has 1 aliphatic carbocycles. The number of halogens is 1. The first kappa shape index (κ1) is 26.7. The van der Waals surface area contributed by atoms with E-state index >= 15 is 0 Å². The molecule has 1 saturated carbocycles. The van der Waals surface area contributed by atoms with E-state index < -0.39 is 0 Å². The van der Waals surface area contributed by atoms with Crippen molar-refractivity contribution in [2.75, 3.05) is 64.4 Å². The predicted molar refractivity (Wildman–Crippen MR) is 142 cm³/mol. The monoisotopic (exact) mass is 557 g/mol. The topological polar surface area (TPSA) is 69.2 Å². The molecule has 1 amide bonds. The second-order valence-corrected chi connectivity index (χ2v) is 8.67. The fraction of sp³-hybridized carbons (Fsp3) is 0.667. The number of rotatable bonds is 10. The number of nitrogens with zero attached hydrogens (tertiary/aromatic N) is 3. The summed E-state index contributed by atoms with van der Waals surface area (Å²) in [5.74, 6) is 1.03. The van der Waals surface area contributed by atoms with Crippen molar-refractivity contribution < 1.29 is 9.53 Å². The fourth-order valence-electron chi connectivity index (χ4n) is 4.37. The zero-order valence-corrected chi connectivity index (χ0v) is 22.0. The number of guanidine groups is 1. The van der Waals surface area contributed by atoms with Crippen molar-refractivity contribution in [2.24, 2.45) is 10.4 Å². The van der Waals surface area contributed by atoms with Crippen molar-refractivity contribution in [3.8, 4) is 0 Å². The predicted octanol–water partition coefficient (Wildman–Crippen LogP) is 3.11. The van der Waals surface area contributed by atoms with E-state index in [-0.39, 0.29) is 29.9 Å². The molecule has 32 heavy (non-hydrogen) atoms. The number of ether oxygens (including phenoxy) is 1. The van der Waals surface area contributed by atoms with Crippen LogP contribution in [-0.2, 0) is 9.53 Å². The zero-order valence-electron chi connectivity index (χ0n) is 19.6. The Morgan fingerprint density at radius 3 is 2.44 bits per heavy atom. The molecule has 0 radical (unpaired) electrons. The van der Waals surface area contributed by atoms with Crippen LogP contribution in [0.15, 0.2) is 35.3 Å². The lowest BCUT2D eigenvalue weighted by molar-refractivity contribution is -0.131. The highest BCUT2D eigenvalue weighted by molar-refractivity contribution is 14.0. The molecule has 0 spiro atoms. The van der Waals surface area contributed by atoms with Gasteiger partial charge < -0.3 is 25.2 Å². The van der Waals surface area contributed by atoms with Gasteiger partial charge in [0.1, 0.15) is 0 Å². The molecule has 2 fully saturated rings. The van der Waals surface area contributed by atoms with E-state index in [4.69, 9.17) is 9.73 Å². The molecule has 0 atom stereocenters. The van der Waals surface area contributed by atoms with Crippen LogP contribution in [0.5, 0.6) is 0 Å². The van der Waals surface area contributed by atoms with Gasteiger partial charge >= 0.3 is 0 Å². The van der Waals surface area contributed by atoms with Crippen LogP contribution >= 0.6 is 24.0 Å². The smallest absolute Gasteiger partial charge is 0.224 e. The number of hydrogen-bond donors (Lipinski definition) is 2. The van der Waals surface area contributed by atoms with E-state index in [1.165, 1.54) is 24.9 Å². The molecule has 7 nitrogen and oxygen atoms in total. The van der Waals surface area contributed by atoms with Crippen molar-refractivity contribution in [1.82, 2.24) is 15.5 Å². The lowest BCUT2D eigenvalue weighted by atomic mass is 9.67. The molecule has 1 heterocycles. The lowest BCUT2D eigenvalue weighted by Crippen LogP contribution is -2.49. The second kappa shape index (κ2) is 13.9. The Morgan fingerprint density at radius 1 is 1.12 bits per heavy atom. The molecule has 1 aromatic carbocycles. The summed E-state index contributed by atoms with van der Waals surface area (Å²) in [4.78, 5) is 21.8. The third kappa shape index (κ3) is 7.79. The minimum atomic E-state index is 0. The number of carbonyl (C=O) groups is 1. The van der Waals surface area contributed by atoms with Gasteiger partial charge in [0.25, 0.3) is 0 Å². The Kier molecular flexibility index (Phi) is 11.6. The standard InChI is InChI=1S/C24H39N5O2.HI/c1-3-25-23(27-20-24(11-7-12-24)13-19-31-2)26-14-10-22(30)29-17-15-28(16-18-29)21-8-5-4-6-9-21;/h4-6,8-9H,3,7,10-20H2,1-2H3,(H2,25,26,27);1H. The van der Waals surface area contributed by atoms with Crippen molar-refractivity contribution in [2.45, 2.75) is 39.0 Å². The number of aliphatic imine (C=N–C) groups is 1. The van der Waals surface area contributed by atoms with Gasteiger partial charge in [-0.05, 0) is 43.7 Å². The van der Waals surface area contributed by atoms with E-state index in [0.29, 0.717) is 18.4 Å². The Labute approximate surface area is 210 Å². The number of hydrogen-bond acceptors (Lipinski definition) is 4. The molecule has 0 unspecified atom stereocenters. The van der Waals surface area contributed by atoms with Gasteiger partial charge in [-0.15, -0.1) is 24.0 Å². The van der Waals surface area contributed by atoms with Crippen LogP contribution in [0, 0.1) is 5.41 Å². The maximum absolute atomic E-state index is 12.7. The van der Waals surface area contributed by atoms with Gasteiger partial charge in [-0.25, -0.2) is 0 Å². The fourth-order valence-corrected chi connectivity index (χ4v) is 4.37. The zero-order chi connectivity index (χ0) is 21.9. The number of benzene rings is 1. The van der Waals surface area contributed by atoms with Crippen molar-refractivity contribution >= 4 is 41.5 Å². The van der Waals surface area contributed by atoms with Crippen LogP contribution in [0.2, 0.25) is 0 Å². The Hall–Kier alpha value is -1.55. The van der Waals surface area contributed by atoms with E-state index in [9.17, 15) is 4.79 Å². The second-order valence-electron chi connectivity index (χ2n) is 8.67. The van der Waals surface area contributed by atoms with Crippen LogP contribution in [0.3, 0.4) is 0 Å². The minimum Gasteiger partial charge on any atom is -0.385 e. The third-order valence-corrected chi connectivity index (χ3v) is 6.55. The molecular weight excluding hydrogens is 517 g/mol. The molecule has 1 aromatic rings. The Morgan fingerprint density at radius 2 is 1.84 bits per heavy atom. The average molecular weight is 558 g/mol. The number of methoxy groups -OCH3 is 1. The summed E-state index contributed by atoms with van der Waals surface area (Å²) >= 11 is 0. The number of anilines is 1. The summed E-state index contributed by atoms with van der Waals surface area (Å²) in [6.07, 6.45) is 5.30. The van der Waals surface area contributed by atoms with Gasteiger partial charge in [0, 0.05) is 71.6 Å². The lowest BCUT2D eigenvalue weighted by Gasteiger charge is -2.40. The number of para-hydroxylation sites is 1. The summed E-state index contributed by atoms with van der Waals surface area (Å²) in [5.41, 5.74) is 1.53. The van der Waals surface area contributed by atoms with Crippen LogP contribution in [0.4, 0.5) is 5.69 Å². The first-order chi connectivity index (χ1) is 15.2. The highest BCUT2D eigenvalue weighted by Crippen LogP contribution is 2.44. The van der Waals surface area contributed by atoms with Gasteiger partial charge in [-0.3, -0.25) is 9.79 Å². The largest absolute Gasteiger partial charge is 0.385 e. The maximum Gasteiger partial charge on any atom is 0.224 e. The maximum atomic E-state index is 12.7. The summed E-state index contributed by atoms with van der Waals surface area (Å²) in [5, 5.41) is 6.66. The van der Waals surface area contributed by atoms with Crippen molar-refractivity contribution in [1.29, 1.82) is 0 Å². The van der Waals surface area contributed by atoms with Gasteiger partial charge in [-0.2, -0.15) is 0 Å². The van der Waals surface area contributed by atoms with Crippen LogP contribution in [0.1, 0.15) is 39.0 Å². The highest BCUT2D eigenvalue weighted by Gasteiger charge is 2.36. The van der Waals surface area contributed by atoms with Gasteiger partial charge in [0.2, 0.25) is 5.91 Å². The molecule has 2 N–H and O–H groups in total. The number of nitrogens with one attached hydrogen (secondary N) is 2. The van der Waals surface area contributed by atoms with E-state index in [1.807, 2.05) is 11.0 Å². The molecule has 8 heteroatoms. The minimum absolute atomic E-state index is 0. The van der Waals surface area contributed by atoms with Crippen LogP contribution < -0.4 is 15.5 Å². The molecule has 0 aromatic heterocycles. The summed E-state index contributed by atoms with van der Waals surface area (Å²) in [6.45, 7) is 8.44. The quantitative estimate of drug-likeness (QED) is 0.263. The molecular formula is C24H40IN5O2. The number of amides is 1. The van der Waals surface area contributed by atoms with Crippen molar-refractivity contribution in [3.63, 3.8) is 0 Å². The van der Waals surface area contributed by atoms with Gasteiger partial charge in [-0.1, -0.05) is 24.6 Å². The summed E-state index contributed by atoms with van der Waals surface area (Å²) < 4.78 is 5.28. The first-order valence-electron chi connectivity index (χ1n) is 11.7. The number of piperazine rings is 1. The third-order valence-electron chi connectivity index (χ3n) is 6.55. The van der Waals surface area contributed by atoms with E-state index in [1.54, 1.807) is 7.11 Å². The molecule has 3 rings (SSSR count). The van der Waals surface area contributed by atoms with Crippen molar-refractivity contribution in [3.05, 3.63) is 30.3 Å². The molecule has 1 aliphatic heterocycles. The van der Waals surface area contributed by atoms with E-state index in [2.05, 4.69) is 46.7 Å². The average Bonchev–Trinajstić information content (AvgIpc) is 2.78. The van der Waals surface area contributed by atoms with Crippen LogP contribution in [0.25, 0.3) is 0 Å². The normalized spacial score (nSPS) is 17.9. The first-order valence-corrected chi connectivity index (χ1v) is 11.7. The highest BCUT2D eigenvalue weighted by atomic mass is 127. The molecule has 180 valence electrons. The van der Waals surface area contributed by atoms with Crippen LogP contribution in [-0.4, -0.2) is 76.3 Å². The van der Waals surface area contributed by atoms with E-state index in [0.717, 1.165) is 58.3 Å². The molecule has 0 bridgehead atoms. The van der Waals surface area contributed by atoms with Gasteiger partial charge in [0.05, 0.1) is 0 Å².